The van der Waals surface area contributed by atoms with E-state index in [1.54, 1.807) is 40.4 Å². The molecular formula is C50H69N11O12S2. The van der Waals surface area contributed by atoms with Crippen molar-refractivity contribution in [2.45, 2.75) is 76.0 Å². The zero-order chi connectivity index (χ0) is 54.0. The average molecular weight is 1080 g/mol. The van der Waals surface area contributed by atoms with Crippen LogP contribution >= 0.6 is 0 Å². The Morgan fingerprint density at radius 3 is 1.41 bits per heavy atom. The van der Waals surface area contributed by atoms with Crippen LogP contribution in [0, 0.1) is 10.1 Å². The predicted molar refractivity (Wildman–Crippen MR) is 284 cm³/mol. The Morgan fingerprint density at radius 1 is 0.627 bits per heavy atom. The molecule has 2 fully saturated rings. The van der Waals surface area contributed by atoms with E-state index in [-0.39, 0.29) is 58.9 Å². The van der Waals surface area contributed by atoms with Gasteiger partial charge in [-0.05, 0) is 73.2 Å². The van der Waals surface area contributed by atoms with Crippen molar-refractivity contribution in [1.82, 2.24) is 47.5 Å². The van der Waals surface area contributed by atoms with Crippen molar-refractivity contribution < 1.29 is 41.3 Å². The van der Waals surface area contributed by atoms with Crippen molar-refractivity contribution in [3.8, 4) is 34.3 Å². The molecule has 0 radical (unpaired) electrons. The molecule has 408 valence electrons. The third kappa shape index (κ3) is 12.9. The summed E-state index contributed by atoms with van der Waals surface area (Å²) in [6.07, 6.45) is 8.68. The minimum absolute atomic E-state index is 0.0479. The zero-order valence-electron chi connectivity index (χ0n) is 43.5. The first-order chi connectivity index (χ1) is 35.9. The summed E-state index contributed by atoms with van der Waals surface area (Å²) in [5.74, 6) is 1.43. The lowest BCUT2D eigenvalue weighted by Crippen LogP contribution is -2.49. The summed E-state index contributed by atoms with van der Waals surface area (Å²) in [7, 11) is -4.01. The number of hydrogen-bond acceptors (Lipinski definition) is 16. The number of rotatable bonds is 22. The van der Waals surface area contributed by atoms with Crippen LogP contribution in [0.25, 0.3) is 44.8 Å². The Balaban J connectivity index is 0.000000219. The van der Waals surface area contributed by atoms with Crippen molar-refractivity contribution >= 4 is 42.1 Å². The number of hydrogen-bond donors (Lipinski definition) is 3. The maximum absolute atomic E-state index is 13.6. The summed E-state index contributed by atoms with van der Waals surface area (Å²) in [5, 5.41) is 18.7. The molecule has 6 heterocycles. The van der Waals surface area contributed by atoms with Crippen LogP contribution in [0.5, 0.6) is 11.5 Å². The molecule has 8 rings (SSSR count). The van der Waals surface area contributed by atoms with Gasteiger partial charge < -0.3 is 38.5 Å². The molecule has 25 heteroatoms. The number of nitrogens with one attached hydrogen (secondary N) is 2. The summed E-state index contributed by atoms with van der Waals surface area (Å²) in [6.45, 7) is 12.9. The maximum atomic E-state index is 13.6. The molecule has 2 saturated heterocycles. The second kappa shape index (κ2) is 25.1. The van der Waals surface area contributed by atoms with Gasteiger partial charge in [0.2, 0.25) is 20.0 Å². The van der Waals surface area contributed by atoms with Gasteiger partial charge in [0.15, 0.2) is 0 Å². The number of aromatic amines is 2. The van der Waals surface area contributed by atoms with Crippen LogP contribution in [0.15, 0.2) is 68.2 Å². The largest absolute Gasteiger partial charge is 0.493 e. The summed E-state index contributed by atoms with van der Waals surface area (Å²) < 4.78 is 72.4. The number of aliphatic hydroxyl groups is 1. The van der Waals surface area contributed by atoms with Gasteiger partial charge in [0, 0.05) is 91.9 Å². The molecule has 0 atom stereocenters. The summed E-state index contributed by atoms with van der Waals surface area (Å²) >= 11 is 0. The third-order valence-corrected chi connectivity index (χ3v) is 16.9. The van der Waals surface area contributed by atoms with Gasteiger partial charge in [-0.2, -0.15) is 8.61 Å². The minimum atomic E-state index is -3.86. The Kier molecular flexibility index (Phi) is 18.9. The Bertz CT molecular complexity index is 3300. The van der Waals surface area contributed by atoms with Crippen molar-refractivity contribution in [1.29, 1.82) is 0 Å². The van der Waals surface area contributed by atoms with Crippen molar-refractivity contribution in [2.24, 2.45) is 14.1 Å². The third-order valence-electron chi connectivity index (χ3n) is 13.1. The lowest BCUT2D eigenvalue weighted by Gasteiger charge is -2.33. The van der Waals surface area contributed by atoms with Gasteiger partial charge in [-0.15, -0.1) is 10.1 Å². The lowest BCUT2D eigenvalue weighted by atomic mass is 10.1. The predicted octanol–water partition coefficient (Wildman–Crippen LogP) is 4.15. The number of H-pyrrole nitrogens is 2. The fraction of sp³-hybridized carbons (Fsp3) is 0.520. The van der Waals surface area contributed by atoms with Crippen LogP contribution in [-0.2, 0) is 51.8 Å². The summed E-state index contributed by atoms with van der Waals surface area (Å²) in [6, 6.07) is 9.35. The monoisotopic (exact) mass is 1080 g/mol. The van der Waals surface area contributed by atoms with Crippen LogP contribution < -0.4 is 20.6 Å². The quantitative estimate of drug-likeness (QED) is 0.0636. The van der Waals surface area contributed by atoms with Crippen LogP contribution in [-0.4, -0.2) is 166 Å². The van der Waals surface area contributed by atoms with E-state index in [9.17, 15) is 36.5 Å². The lowest BCUT2D eigenvalue weighted by molar-refractivity contribution is -0.757. The van der Waals surface area contributed by atoms with Crippen LogP contribution in [0.2, 0.25) is 0 Å². The standard InChI is InChI=1S/C25H34N6O7S.C25H35N5O5S/c1-4-6-18-17-28(3)23-22(18)26-24(27-25(23)32)20-16-19(7-8-21(20)37-14-5-2)39(35,36)30-11-9-29(10-12-30)13-15-38-31(33)34;1-4-6-18-17-28(3)23-22(18)26-24(27-25(23)32)20-16-19(7-8-21(20)35-15-5-2)36(33,34)30-11-9-29(10-12-30)13-14-31/h7-8,16-17H,4-6,9-15H2,1-3H3,(H,26,27,32);7-8,16-17,31H,4-6,9-15H2,1-3H3,(H,26,27,32). The van der Waals surface area contributed by atoms with Gasteiger partial charge in [-0.3, -0.25) is 19.4 Å². The van der Waals surface area contributed by atoms with Crippen LogP contribution in [0.4, 0.5) is 0 Å². The first-order valence-corrected chi connectivity index (χ1v) is 28.4. The molecular weight excluding hydrogens is 1010 g/mol. The van der Waals surface area contributed by atoms with Gasteiger partial charge in [0.25, 0.3) is 16.2 Å². The number of ether oxygens (including phenoxy) is 2. The van der Waals surface area contributed by atoms with E-state index >= 15 is 0 Å². The molecule has 6 aromatic rings. The molecule has 2 aromatic carbocycles. The number of aliphatic hydroxyl groups excluding tert-OH is 1. The molecule has 2 aliphatic heterocycles. The summed E-state index contributed by atoms with van der Waals surface area (Å²) in [5.41, 5.74) is 4.32. The molecule has 0 saturated carbocycles. The fourth-order valence-electron chi connectivity index (χ4n) is 9.37. The highest BCUT2D eigenvalue weighted by atomic mass is 32.2. The first kappa shape index (κ1) is 56.5. The molecule has 0 aliphatic carbocycles. The Hall–Kier alpha value is -6.22. The van der Waals surface area contributed by atoms with E-state index in [0.717, 1.165) is 49.7 Å². The number of sulfonamides is 2. The highest BCUT2D eigenvalue weighted by molar-refractivity contribution is 7.89. The number of β-amino-alcohol motifs (C(OH)–C–C–N with tert-alkyl or cyclic N) is 1. The molecule has 0 spiro atoms. The molecule has 4 aromatic heterocycles. The van der Waals surface area contributed by atoms with Gasteiger partial charge in [0.05, 0.1) is 51.8 Å². The first-order valence-electron chi connectivity index (χ1n) is 25.5. The summed E-state index contributed by atoms with van der Waals surface area (Å²) in [4.78, 5) is 60.2. The van der Waals surface area contributed by atoms with Gasteiger partial charge in [0.1, 0.15) is 40.8 Å². The highest BCUT2D eigenvalue weighted by Crippen LogP contribution is 2.35. The van der Waals surface area contributed by atoms with Crippen molar-refractivity contribution in [3.63, 3.8) is 0 Å². The Morgan fingerprint density at radius 2 is 1.04 bits per heavy atom. The van der Waals surface area contributed by atoms with E-state index in [4.69, 9.17) is 24.5 Å². The molecule has 0 bridgehead atoms. The topological polar surface area (TPSA) is 274 Å². The maximum Gasteiger partial charge on any atom is 0.294 e. The smallest absolute Gasteiger partial charge is 0.294 e. The second-order valence-electron chi connectivity index (χ2n) is 18.5. The molecule has 2 aliphatic rings. The second-order valence-corrected chi connectivity index (χ2v) is 22.4. The molecule has 3 N–H and O–H groups in total. The number of benzene rings is 2. The zero-order valence-corrected chi connectivity index (χ0v) is 45.2. The van der Waals surface area contributed by atoms with E-state index < -0.39 is 25.1 Å². The van der Waals surface area contributed by atoms with Gasteiger partial charge in [-0.1, -0.05) is 40.5 Å². The van der Waals surface area contributed by atoms with Crippen molar-refractivity contribution in [2.75, 3.05) is 91.9 Å². The number of aryl methyl sites for hydroxylation is 4. The Labute approximate surface area is 436 Å². The fourth-order valence-corrected chi connectivity index (χ4v) is 12.3. The molecule has 0 amide bonds. The van der Waals surface area contributed by atoms with E-state index in [1.165, 1.54) is 20.7 Å². The van der Waals surface area contributed by atoms with Gasteiger partial charge in [-0.25, -0.2) is 26.8 Å². The van der Waals surface area contributed by atoms with Gasteiger partial charge >= 0.3 is 0 Å². The highest BCUT2D eigenvalue weighted by Gasteiger charge is 2.32. The normalized spacial score (nSPS) is 15.3. The molecule has 0 unspecified atom stereocenters. The SMILES string of the molecule is CCCOc1ccc(S(=O)(=O)N2CCN(CCO)CC2)cc1-c1nc2c(CCC)cn(C)c2c(=O)[nH]1.CCCOc1ccc(S(=O)(=O)N2CCN(CCO[N+](=O)[O-])CC2)cc1-c1nc2c(CCC)cn(C)c2c(=O)[nH]1. The van der Waals surface area contributed by atoms with Crippen LogP contribution in [0.3, 0.4) is 0 Å². The van der Waals surface area contributed by atoms with Crippen molar-refractivity contribution in [3.05, 3.63) is 90.7 Å². The number of aromatic nitrogens is 6. The van der Waals surface area contributed by atoms with E-state index in [0.29, 0.717) is 110 Å². The van der Waals surface area contributed by atoms with E-state index in [1.807, 2.05) is 43.1 Å². The molecule has 23 nitrogen and oxygen atoms in total. The minimum Gasteiger partial charge on any atom is -0.493 e. The number of nitrogens with zero attached hydrogens (tertiary/aromatic N) is 9. The number of piperazine rings is 2. The van der Waals surface area contributed by atoms with E-state index in [2.05, 4.69) is 28.7 Å². The molecule has 75 heavy (non-hydrogen) atoms. The van der Waals surface area contributed by atoms with Crippen LogP contribution in [0.1, 0.15) is 64.5 Å². The average Bonchev–Trinajstić information content (AvgIpc) is 3.90. The number of fused-ring (bicyclic) bond motifs is 2.